The summed E-state index contributed by atoms with van der Waals surface area (Å²) in [6.45, 7) is 1.03. The molecular formula is C30H21F6N7O4S. The van der Waals surface area contributed by atoms with Gasteiger partial charge in [0.15, 0.2) is 11.0 Å². The van der Waals surface area contributed by atoms with Gasteiger partial charge in [-0.1, -0.05) is 17.8 Å². The molecule has 1 aliphatic heterocycles. The number of carbonyl (C=O) groups excluding carboxylic acids is 2. The molecule has 0 atom stereocenters. The van der Waals surface area contributed by atoms with Crippen molar-refractivity contribution in [3.8, 4) is 34.6 Å². The first-order valence-electron chi connectivity index (χ1n) is 13.7. The molecule has 0 radical (unpaired) electrons. The van der Waals surface area contributed by atoms with E-state index in [-0.39, 0.29) is 39.4 Å². The van der Waals surface area contributed by atoms with Crippen molar-refractivity contribution in [2.24, 2.45) is 4.99 Å². The molecule has 0 bridgehead atoms. The number of halogens is 6. The van der Waals surface area contributed by atoms with Crippen LogP contribution in [0.25, 0.3) is 17.1 Å². The van der Waals surface area contributed by atoms with Crippen LogP contribution in [0.4, 0.5) is 42.5 Å². The second-order valence-electron chi connectivity index (χ2n) is 9.95. The largest absolute Gasteiger partial charge is 0.573 e. The summed E-state index contributed by atoms with van der Waals surface area (Å²) in [4.78, 5) is 35.0. The van der Waals surface area contributed by atoms with Crippen molar-refractivity contribution >= 4 is 40.2 Å². The number of nitrogens with one attached hydrogen (secondary N) is 1. The molecule has 2 heterocycles. The Morgan fingerprint density at radius 2 is 1.83 bits per heavy atom. The Bertz CT molecular complexity index is 1920. The van der Waals surface area contributed by atoms with Gasteiger partial charge in [0.1, 0.15) is 23.9 Å². The van der Waals surface area contributed by atoms with Gasteiger partial charge >= 0.3 is 18.6 Å². The highest BCUT2D eigenvalue weighted by Gasteiger charge is 2.34. The van der Waals surface area contributed by atoms with Crippen molar-refractivity contribution in [3.05, 3.63) is 78.1 Å². The minimum Gasteiger partial charge on any atom is -0.491 e. The summed E-state index contributed by atoms with van der Waals surface area (Å²) < 4.78 is 85.9. The van der Waals surface area contributed by atoms with E-state index in [9.17, 15) is 41.2 Å². The standard InChI is InChI=1S/C30H21F6N7O4S/c1-17-2-9-24(46-11-10-29(31,32)33)23(12-17)43-25(44)15-48-28(43)40-27(45)39-22-8-3-18(13-19(22)14-37)26-38-16-42(41-26)20-4-6-21(7-5-20)47-30(34,35)36/h2-9,12-13,16H,10-11,15H2,1H3,(H,39,45)/b40-28-. The van der Waals surface area contributed by atoms with Crippen LogP contribution < -0.4 is 19.7 Å². The maximum Gasteiger partial charge on any atom is 0.573 e. The number of alkyl halides is 6. The average Bonchev–Trinajstić information content (AvgIpc) is 3.64. The molecule has 1 saturated heterocycles. The zero-order chi connectivity index (χ0) is 34.6. The highest BCUT2D eigenvalue weighted by atomic mass is 32.2. The van der Waals surface area contributed by atoms with E-state index in [2.05, 4.69) is 25.1 Å². The quantitative estimate of drug-likeness (QED) is 0.195. The second-order valence-corrected chi connectivity index (χ2v) is 10.9. The van der Waals surface area contributed by atoms with Crippen molar-refractivity contribution in [2.45, 2.75) is 25.9 Å². The molecule has 1 N–H and O–H groups in total. The molecule has 11 nitrogen and oxygen atoms in total. The van der Waals surface area contributed by atoms with E-state index in [4.69, 9.17) is 4.74 Å². The number of urea groups is 1. The fraction of sp³-hybridized carbons (Fsp3) is 0.200. The van der Waals surface area contributed by atoms with Gasteiger partial charge in [0.05, 0.1) is 41.4 Å². The monoisotopic (exact) mass is 689 g/mol. The highest BCUT2D eigenvalue weighted by Crippen LogP contribution is 2.36. The number of amides is 3. The maximum atomic E-state index is 13.0. The molecular weight excluding hydrogens is 668 g/mol. The first kappa shape index (κ1) is 33.8. The van der Waals surface area contributed by atoms with Gasteiger partial charge in [0.25, 0.3) is 0 Å². The number of benzene rings is 3. The number of aliphatic imine (C=N–C) groups is 1. The van der Waals surface area contributed by atoms with E-state index >= 15 is 0 Å². The summed E-state index contributed by atoms with van der Waals surface area (Å²) in [7, 11) is 0. The lowest BCUT2D eigenvalue weighted by atomic mass is 10.1. The lowest BCUT2D eigenvalue weighted by Gasteiger charge is -2.20. The number of nitriles is 1. The van der Waals surface area contributed by atoms with Crippen LogP contribution in [0.15, 0.2) is 72.0 Å². The topological polar surface area (TPSA) is 135 Å². The molecule has 48 heavy (non-hydrogen) atoms. The van der Waals surface area contributed by atoms with Gasteiger partial charge in [0, 0.05) is 5.56 Å². The minimum absolute atomic E-state index is 0.000277. The summed E-state index contributed by atoms with van der Waals surface area (Å²) in [6.07, 6.45) is -9.16. The van der Waals surface area contributed by atoms with Crippen LogP contribution in [-0.4, -0.2) is 56.8 Å². The smallest absolute Gasteiger partial charge is 0.491 e. The van der Waals surface area contributed by atoms with Gasteiger partial charge in [0.2, 0.25) is 5.91 Å². The first-order chi connectivity index (χ1) is 22.7. The molecule has 0 saturated carbocycles. The zero-order valence-electron chi connectivity index (χ0n) is 24.5. The molecule has 1 fully saturated rings. The molecule has 3 amide bonds. The van der Waals surface area contributed by atoms with Crippen LogP contribution >= 0.6 is 11.8 Å². The second kappa shape index (κ2) is 13.7. The maximum absolute atomic E-state index is 13.0. The number of hydrogen-bond donors (Lipinski definition) is 1. The van der Waals surface area contributed by atoms with E-state index < -0.39 is 43.3 Å². The predicted octanol–water partition coefficient (Wildman–Crippen LogP) is 7.01. The van der Waals surface area contributed by atoms with Crippen LogP contribution in [0.1, 0.15) is 17.5 Å². The number of rotatable bonds is 8. The SMILES string of the molecule is Cc1ccc(OCCC(F)(F)F)c(N2C(=O)CS/C2=N\C(=O)Nc2ccc(-c3ncn(-c4ccc(OC(F)(F)F)cc4)n3)cc2C#N)c1. The van der Waals surface area contributed by atoms with Crippen molar-refractivity contribution in [1.82, 2.24) is 14.8 Å². The summed E-state index contributed by atoms with van der Waals surface area (Å²) >= 11 is 0.937. The van der Waals surface area contributed by atoms with Crippen molar-refractivity contribution in [1.29, 1.82) is 5.26 Å². The number of nitrogens with zero attached hydrogens (tertiary/aromatic N) is 6. The molecule has 3 aromatic carbocycles. The van der Waals surface area contributed by atoms with Gasteiger partial charge in [-0.2, -0.15) is 23.4 Å². The van der Waals surface area contributed by atoms with Crippen molar-refractivity contribution in [2.75, 3.05) is 22.6 Å². The Labute approximate surface area is 271 Å². The third-order valence-corrected chi connectivity index (χ3v) is 7.35. The molecule has 0 aliphatic carbocycles. The number of thioether (sulfide) groups is 1. The van der Waals surface area contributed by atoms with E-state index in [1.54, 1.807) is 13.0 Å². The Morgan fingerprint density at radius 1 is 1.08 bits per heavy atom. The molecule has 18 heteroatoms. The summed E-state index contributed by atoms with van der Waals surface area (Å²) in [6, 6.07) is 14.8. The minimum atomic E-state index is -4.83. The molecule has 0 unspecified atom stereocenters. The number of carbonyl (C=O) groups is 2. The lowest BCUT2D eigenvalue weighted by molar-refractivity contribution is -0.274. The normalized spacial score (nSPS) is 14.2. The van der Waals surface area contributed by atoms with Gasteiger partial charge < -0.3 is 14.8 Å². The molecule has 4 aromatic rings. The number of hydrogen-bond acceptors (Lipinski definition) is 8. The third-order valence-electron chi connectivity index (χ3n) is 6.43. The average molecular weight is 690 g/mol. The van der Waals surface area contributed by atoms with Crippen molar-refractivity contribution < 1.29 is 45.4 Å². The number of aryl methyl sites for hydroxylation is 1. The van der Waals surface area contributed by atoms with Crippen LogP contribution in [0.2, 0.25) is 0 Å². The van der Waals surface area contributed by atoms with Crippen LogP contribution in [0.5, 0.6) is 11.5 Å². The number of anilines is 2. The van der Waals surface area contributed by atoms with Crippen LogP contribution in [0, 0.1) is 18.3 Å². The van der Waals surface area contributed by atoms with E-state index in [0.29, 0.717) is 16.8 Å². The first-order valence-corrected chi connectivity index (χ1v) is 14.7. The lowest BCUT2D eigenvalue weighted by Crippen LogP contribution is -2.31. The van der Waals surface area contributed by atoms with E-state index in [1.165, 1.54) is 53.5 Å². The fourth-order valence-corrected chi connectivity index (χ4v) is 5.18. The van der Waals surface area contributed by atoms with Gasteiger partial charge in [-0.15, -0.1) is 18.3 Å². The number of aromatic nitrogens is 3. The van der Waals surface area contributed by atoms with Crippen molar-refractivity contribution in [3.63, 3.8) is 0 Å². The molecule has 5 rings (SSSR count). The summed E-state index contributed by atoms with van der Waals surface area (Å²) in [5.74, 6) is -0.807. The Kier molecular flexibility index (Phi) is 9.61. The van der Waals surface area contributed by atoms with Crippen LogP contribution in [-0.2, 0) is 4.79 Å². The Morgan fingerprint density at radius 3 is 2.52 bits per heavy atom. The van der Waals surface area contributed by atoms with Crippen LogP contribution in [0.3, 0.4) is 0 Å². The fourth-order valence-electron chi connectivity index (χ4n) is 4.32. The Hall–Kier alpha value is -5.57. The van der Waals surface area contributed by atoms with Gasteiger partial charge in [-0.3, -0.25) is 9.69 Å². The van der Waals surface area contributed by atoms with Gasteiger partial charge in [-0.25, -0.2) is 14.5 Å². The van der Waals surface area contributed by atoms with Gasteiger partial charge in [-0.05, 0) is 67.1 Å². The highest BCUT2D eigenvalue weighted by molar-refractivity contribution is 8.15. The summed E-state index contributed by atoms with van der Waals surface area (Å²) in [5.41, 5.74) is 1.65. The molecule has 248 valence electrons. The molecule has 1 aromatic heterocycles. The van der Waals surface area contributed by atoms with E-state index in [0.717, 1.165) is 28.8 Å². The predicted molar refractivity (Wildman–Crippen MR) is 162 cm³/mol. The zero-order valence-corrected chi connectivity index (χ0v) is 25.3. The number of amidine groups is 1. The molecule has 0 spiro atoms. The van der Waals surface area contributed by atoms with E-state index in [1.807, 2.05) is 6.07 Å². The number of ether oxygens (including phenoxy) is 2. The summed E-state index contributed by atoms with van der Waals surface area (Å²) in [5, 5.41) is 16.5. The Balaban J connectivity index is 1.32. The third kappa shape index (κ3) is 8.41. The molecule has 1 aliphatic rings.